The third-order valence-corrected chi connectivity index (χ3v) is 2.99. The molecule has 0 radical (unpaired) electrons. The van der Waals surface area contributed by atoms with Crippen LogP contribution >= 0.6 is 0 Å². The second kappa shape index (κ2) is 5.45. The van der Waals surface area contributed by atoms with Crippen molar-refractivity contribution in [3.63, 3.8) is 0 Å². The lowest BCUT2D eigenvalue weighted by molar-refractivity contribution is 0.0978. The van der Waals surface area contributed by atoms with Crippen molar-refractivity contribution in [2.24, 2.45) is 0 Å². The molecule has 2 nitrogen and oxygen atoms in total. The highest BCUT2D eigenvalue weighted by Gasteiger charge is 2.23. The highest BCUT2D eigenvalue weighted by Crippen LogP contribution is 2.22. The summed E-state index contributed by atoms with van der Waals surface area (Å²) in [6.45, 7) is 1.73. The predicted molar refractivity (Wildman–Crippen MR) is 70.3 cm³/mol. The summed E-state index contributed by atoms with van der Waals surface area (Å²) >= 11 is 0. The maximum absolute atomic E-state index is 13.2. The van der Waals surface area contributed by atoms with Gasteiger partial charge in [-0.2, -0.15) is 5.26 Å². The van der Waals surface area contributed by atoms with E-state index >= 15 is 0 Å². The monoisotopic (exact) mass is 253 g/mol. The first-order chi connectivity index (χ1) is 9.13. The Morgan fingerprint density at radius 1 is 1.21 bits per heavy atom. The van der Waals surface area contributed by atoms with Crippen LogP contribution in [0, 0.1) is 24.1 Å². The Morgan fingerprint density at radius 2 is 1.89 bits per heavy atom. The van der Waals surface area contributed by atoms with Gasteiger partial charge < -0.3 is 0 Å². The SMILES string of the molecule is Cc1ccc(F)cc1C(=O)C(C#N)c1ccccc1. The number of benzene rings is 2. The molecule has 0 saturated carbocycles. The van der Waals surface area contributed by atoms with Gasteiger partial charge in [-0.1, -0.05) is 36.4 Å². The van der Waals surface area contributed by atoms with Crippen molar-refractivity contribution in [3.05, 3.63) is 71.0 Å². The van der Waals surface area contributed by atoms with Gasteiger partial charge in [-0.25, -0.2) is 4.39 Å². The van der Waals surface area contributed by atoms with E-state index in [1.54, 1.807) is 37.3 Å². The Bertz CT molecular complexity index is 644. The summed E-state index contributed by atoms with van der Waals surface area (Å²) in [4.78, 5) is 12.4. The molecule has 94 valence electrons. The van der Waals surface area contributed by atoms with Gasteiger partial charge in [0.15, 0.2) is 5.78 Å². The van der Waals surface area contributed by atoms with Crippen LogP contribution in [0.15, 0.2) is 48.5 Å². The number of Topliss-reactive ketones (excluding diaryl/α,β-unsaturated/α-hetero) is 1. The van der Waals surface area contributed by atoms with Crippen LogP contribution in [0.3, 0.4) is 0 Å². The van der Waals surface area contributed by atoms with Crippen LogP contribution in [0.2, 0.25) is 0 Å². The van der Waals surface area contributed by atoms with Crippen LogP contribution in [0.5, 0.6) is 0 Å². The van der Waals surface area contributed by atoms with Crippen LogP contribution < -0.4 is 0 Å². The number of carbonyl (C=O) groups excluding carboxylic acids is 1. The molecular weight excluding hydrogens is 241 g/mol. The van der Waals surface area contributed by atoms with E-state index in [1.807, 2.05) is 12.1 Å². The van der Waals surface area contributed by atoms with Crippen molar-refractivity contribution >= 4 is 5.78 Å². The van der Waals surface area contributed by atoms with Gasteiger partial charge in [-0.05, 0) is 30.2 Å². The van der Waals surface area contributed by atoms with Crippen molar-refractivity contribution < 1.29 is 9.18 Å². The van der Waals surface area contributed by atoms with E-state index in [0.29, 0.717) is 11.1 Å². The summed E-state index contributed by atoms with van der Waals surface area (Å²) in [5.41, 5.74) is 1.55. The summed E-state index contributed by atoms with van der Waals surface area (Å²) in [7, 11) is 0. The summed E-state index contributed by atoms with van der Waals surface area (Å²) in [5, 5.41) is 9.21. The zero-order chi connectivity index (χ0) is 13.8. The van der Waals surface area contributed by atoms with Gasteiger partial charge in [-0.3, -0.25) is 4.79 Å². The molecule has 1 unspecified atom stereocenters. The van der Waals surface area contributed by atoms with Crippen molar-refractivity contribution in [3.8, 4) is 6.07 Å². The van der Waals surface area contributed by atoms with E-state index in [4.69, 9.17) is 0 Å². The number of hydrogen-bond acceptors (Lipinski definition) is 2. The molecule has 0 aromatic heterocycles. The normalized spacial score (nSPS) is 11.6. The summed E-state index contributed by atoms with van der Waals surface area (Å²) < 4.78 is 13.2. The van der Waals surface area contributed by atoms with E-state index in [2.05, 4.69) is 0 Å². The minimum atomic E-state index is -0.901. The largest absolute Gasteiger partial charge is 0.292 e. The molecule has 0 N–H and O–H groups in total. The van der Waals surface area contributed by atoms with E-state index in [1.165, 1.54) is 12.1 Å². The predicted octanol–water partition coefficient (Wildman–Crippen LogP) is 3.62. The molecule has 19 heavy (non-hydrogen) atoms. The van der Waals surface area contributed by atoms with Crippen molar-refractivity contribution in [2.75, 3.05) is 0 Å². The number of ketones is 1. The molecule has 0 aliphatic heterocycles. The van der Waals surface area contributed by atoms with Crippen LogP contribution in [0.4, 0.5) is 4.39 Å². The van der Waals surface area contributed by atoms with Crippen molar-refractivity contribution in [1.29, 1.82) is 5.26 Å². The van der Waals surface area contributed by atoms with Gasteiger partial charge >= 0.3 is 0 Å². The third-order valence-electron chi connectivity index (χ3n) is 2.99. The molecule has 2 rings (SSSR count). The molecule has 0 fully saturated rings. The molecule has 1 atom stereocenters. The zero-order valence-electron chi connectivity index (χ0n) is 10.4. The third kappa shape index (κ3) is 2.69. The molecule has 2 aromatic carbocycles. The maximum atomic E-state index is 13.2. The summed E-state index contributed by atoms with van der Waals surface area (Å²) in [5.74, 6) is -1.74. The number of nitriles is 1. The van der Waals surface area contributed by atoms with E-state index in [-0.39, 0.29) is 11.3 Å². The molecule has 0 bridgehead atoms. The molecule has 0 saturated heterocycles. The van der Waals surface area contributed by atoms with E-state index in [9.17, 15) is 14.4 Å². The highest BCUT2D eigenvalue weighted by molar-refractivity contribution is 6.03. The first-order valence-corrected chi connectivity index (χ1v) is 5.88. The standard InChI is InChI=1S/C16H12FNO/c1-11-7-8-13(17)9-14(11)16(19)15(10-18)12-5-3-2-4-6-12/h2-9,15H,1H3. The van der Waals surface area contributed by atoms with E-state index in [0.717, 1.165) is 0 Å². The van der Waals surface area contributed by atoms with Crippen LogP contribution in [-0.2, 0) is 0 Å². The molecule has 0 aliphatic rings. The number of hydrogen-bond donors (Lipinski definition) is 0. The number of carbonyl (C=O) groups is 1. The van der Waals surface area contributed by atoms with Crippen LogP contribution in [0.25, 0.3) is 0 Å². The van der Waals surface area contributed by atoms with Gasteiger partial charge in [0, 0.05) is 5.56 Å². The van der Waals surface area contributed by atoms with Crippen molar-refractivity contribution in [1.82, 2.24) is 0 Å². The Balaban J connectivity index is 2.43. The lowest BCUT2D eigenvalue weighted by Crippen LogP contribution is -2.13. The minimum Gasteiger partial charge on any atom is -0.292 e. The van der Waals surface area contributed by atoms with Gasteiger partial charge in [0.25, 0.3) is 0 Å². The minimum absolute atomic E-state index is 0.260. The van der Waals surface area contributed by atoms with Gasteiger partial charge in [0.05, 0.1) is 6.07 Å². The number of rotatable bonds is 3. The quantitative estimate of drug-likeness (QED) is 0.784. The molecule has 0 aliphatic carbocycles. The second-order valence-corrected chi connectivity index (χ2v) is 4.30. The Morgan fingerprint density at radius 3 is 2.53 bits per heavy atom. The Kier molecular flexibility index (Phi) is 3.72. The lowest BCUT2D eigenvalue weighted by Gasteiger charge is -2.10. The number of halogens is 1. The smallest absolute Gasteiger partial charge is 0.184 e. The fraction of sp³-hybridized carbons (Fsp3) is 0.125. The zero-order valence-corrected chi connectivity index (χ0v) is 10.4. The molecule has 0 amide bonds. The topological polar surface area (TPSA) is 40.9 Å². The molecule has 3 heteroatoms. The Hall–Kier alpha value is -2.47. The number of aryl methyl sites for hydroxylation is 1. The van der Waals surface area contributed by atoms with Gasteiger partial charge in [-0.15, -0.1) is 0 Å². The van der Waals surface area contributed by atoms with Crippen LogP contribution in [-0.4, -0.2) is 5.78 Å². The number of nitrogens with zero attached hydrogens (tertiary/aromatic N) is 1. The van der Waals surface area contributed by atoms with E-state index < -0.39 is 11.7 Å². The molecule has 0 spiro atoms. The van der Waals surface area contributed by atoms with Crippen molar-refractivity contribution in [2.45, 2.75) is 12.8 Å². The summed E-state index contributed by atoms with van der Waals surface area (Å²) in [6.07, 6.45) is 0. The first-order valence-electron chi connectivity index (χ1n) is 5.88. The Labute approximate surface area is 111 Å². The van der Waals surface area contributed by atoms with Crippen LogP contribution in [0.1, 0.15) is 27.4 Å². The average molecular weight is 253 g/mol. The summed E-state index contributed by atoms with van der Waals surface area (Å²) in [6, 6.07) is 14.8. The average Bonchev–Trinajstić information content (AvgIpc) is 2.43. The highest BCUT2D eigenvalue weighted by atomic mass is 19.1. The first kappa shape index (κ1) is 13.0. The maximum Gasteiger partial charge on any atom is 0.184 e. The molecular formula is C16H12FNO. The van der Waals surface area contributed by atoms with Gasteiger partial charge in [0.2, 0.25) is 0 Å². The fourth-order valence-corrected chi connectivity index (χ4v) is 1.95. The molecule has 2 aromatic rings. The van der Waals surface area contributed by atoms with Gasteiger partial charge in [0.1, 0.15) is 11.7 Å². The lowest BCUT2D eigenvalue weighted by atomic mass is 9.90. The molecule has 0 heterocycles. The fourth-order valence-electron chi connectivity index (χ4n) is 1.95. The second-order valence-electron chi connectivity index (χ2n) is 4.30.